The van der Waals surface area contributed by atoms with Gasteiger partial charge in [0.2, 0.25) is 0 Å². The summed E-state index contributed by atoms with van der Waals surface area (Å²) in [5.41, 5.74) is 0.783. The number of allylic oxidation sites excluding steroid dienone is 4. The van der Waals surface area contributed by atoms with Gasteiger partial charge in [0, 0.05) is 19.3 Å². The zero-order chi connectivity index (χ0) is 27.2. The molecule has 1 aliphatic carbocycles. The highest BCUT2D eigenvalue weighted by molar-refractivity contribution is 5.78. The van der Waals surface area contributed by atoms with Gasteiger partial charge in [-0.3, -0.25) is 4.79 Å². The highest BCUT2D eigenvalue weighted by Gasteiger charge is 2.60. The van der Waals surface area contributed by atoms with Crippen LogP contribution in [0.4, 0.5) is 0 Å². The van der Waals surface area contributed by atoms with Crippen LogP contribution in [0.5, 0.6) is 0 Å². The summed E-state index contributed by atoms with van der Waals surface area (Å²) in [4.78, 5) is 13.8. The molecule has 0 saturated carbocycles. The molecule has 5 rings (SSSR count). The highest BCUT2D eigenvalue weighted by Crippen LogP contribution is 2.47. The molecule has 0 aromatic heterocycles. The molecule has 0 radical (unpaired) electrons. The van der Waals surface area contributed by atoms with E-state index < -0.39 is 41.6 Å². The number of rotatable bonds is 0. The first-order valence-electron chi connectivity index (χ1n) is 14.3. The Morgan fingerprint density at radius 1 is 1.11 bits per heavy atom. The molecule has 1 spiro atoms. The fourth-order valence-electron chi connectivity index (χ4n) is 6.85. The third-order valence-electron chi connectivity index (χ3n) is 9.30. The van der Waals surface area contributed by atoms with E-state index >= 15 is 0 Å². The zero-order valence-electron chi connectivity index (χ0n) is 23.4. The second-order valence-corrected chi connectivity index (χ2v) is 12.4. The predicted octanol–water partition coefficient (Wildman–Crippen LogP) is 4.53. The Balaban J connectivity index is 1.51. The van der Waals surface area contributed by atoms with Crippen molar-refractivity contribution in [3.8, 4) is 0 Å². The van der Waals surface area contributed by atoms with E-state index in [2.05, 4.69) is 39.8 Å². The van der Waals surface area contributed by atoms with Crippen molar-refractivity contribution >= 4 is 5.97 Å². The largest absolute Gasteiger partial charge is 0.462 e. The molecule has 5 aliphatic rings. The number of ether oxygens (including phenoxy) is 4. The second-order valence-electron chi connectivity index (χ2n) is 12.4. The number of carbonyl (C=O) groups is 1. The lowest BCUT2D eigenvalue weighted by atomic mass is 9.71. The van der Waals surface area contributed by atoms with Crippen molar-refractivity contribution in [2.45, 2.75) is 115 Å². The first kappa shape index (κ1) is 27.8. The van der Waals surface area contributed by atoms with Crippen LogP contribution in [-0.4, -0.2) is 64.7 Å². The van der Waals surface area contributed by atoms with Crippen LogP contribution in [0.1, 0.15) is 73.1 Å². The van der Waals surface area contributed by atoms with Gasteiger partial charge in [-0.1, -0.05) is 49.8 Å². The molecular formula is C31H44O7. The Morgan fingerprint density at radius 3 is 2.66 bits per heavy atom. The van der Waals surface area contributed by atoms with Crippen LogP contribution in [0.2, 0.25) is 0 Å². The molecular weight excluding hydrogens is 484 g/mol. The standard InChI is InChI=1S/C31H44O7/c1-18-7-6-8-23-17-35-28-27(32)21(4)14-26(31(23,28)34)29(33)36-25-15-24(10-9-19(2)13-18)38-30(16-25)12-11-20(3)22(5)37-30/h6-9,14,18,20,22,24-28,32,34H,10-13,15-17H2,1-5H3/b7-6+,19-9-,23-8-/t18-,20+,22?,24?,25?,26?,27-,28?,30+,31+/m1/s1. The Morgan fingerprint density at radius 2 is 1.89 bits per heavy atom. The summed E-state index contributed by atoms with van der Waals surface area (Å²) in [6.07, 6.45) is 11.8. The number of aliphatic hydroxyl groups is 2. The van der Waals surface area contributed by atoms with E-state index in [0.717, 1.165) is 25.7 Å². The van der Waals surface area contributed by atoms with E-state index in [1.165, 1.54) is 5.57 Å². The molecule has 4 heterocycles. The second kappa shape index (κ2) is 10.7. The van der Waals surface area contributed by atoms with Crippen molar-refractivity contribution in [1.82, 2.24) is 0 Å². The molecule has 3 saturated heterocycles. The van der Waals surface area contributed by atoms with Crippen LogP contribution >= 0.6 is 0 Å². The molecule has 3 fully saturated rings. The summed E-state index contributed by atoms with van der Waals surface area (Å²) in [7, 11) is 0. The van der Waals surface area contributed by atoms with Gasteiger partial charge in [0.15, 0.2) is 5.79 Å². The van der Waals surface area contributed by atoms with Crippen molar-refractivity contribution in [3.05, 3.63) is 47.1 Å². The minimum Gasteiger partial charge on any atom is -0.462 e. The van der Waals surface area contributed by atoms with Gasteiger partial charge in [-0.05, 0) is 63.0 Å². The van der Waals surface area contributed by atoms with E-state index in [-0.39, 0.29) is 18.8 Å². The van der Waals surface area contributed by atoms with E-state index in [4.69, 9.17) is 18.9 Å². The molecule has 7 heteroatoms. The number of carbonyl (C=O) groups excluding carboxylic acids is 1. The van der Waals surface area contributed by atoms with Crippen molar-refractivity contribution in [2.75, 3.05) is 6.61 Å². The molecule has 0 amide bonds. The normalized spacial score (nSPS) is 49.7. The summed E-state index contributed by atoms with van der Waals surface area (Å²) in [6.45, 7) is 10.5. The Labute approximate surface area is 226 Å². The van der Waals surface area contributed by atoms with Gasteiger partial charge in [-0.25, -0.2) is 0 Å². The summed E-state index contributed by atoms with van der Waals surface area (Å²) in [5.74, 6) is -1.53. The van der Waals surface area contributed by atoms with Crippen molar-refractivity contribution in [1.29, 1.82) is 0 Å². The third kappa shape index (κ3) is 5.20. The van der Waals surface area contributed by atoms with E-state index in [1.807, 2.05) is 12.2 Å². The summed E-state index contributed by atoms with van der Waals surface area (Å²) in [6, 6.07) is 0. The number of fused-ring (bicyclic) bond motifs is 2. The molecule has 0 aromatic carbocycles. The summed E-state index contributed by atoms with van der Waals surface area (Å²) >= 11 is 0. The van der Waals surface area contributed by atoms with Gasteiger partial charge < -0.3 is 29.2 Å². The van der Waals surface area contributed by atoms with Crippen molar-refractivity contribution < 1.29 is 34.0 Å². The van der Waals surface area contributed by atoms with Gasteiger partial charge in [0.25, 0.3) is 0 Å². The van der Waals surface area contributed by atoms with E-state index in [0.29, 0.717) is 35.8 Å². The molecule has 4 aliphatic heterocycles. The maximum atomic E-state index is 13.8. The average Bonchev–Trinajstić information content (AvgIpc) is 3.19. The molecule has 2 N–H and O–H groups in total. The zero-order valence-corrected chi connectivity index (χ0v) is 23.4. The Bertz CT molecular complexity index is 1040. The minimum atomic E-state index is -1.68. The van der Waals surface area contributed by atoms with Gasteiger partial charge in [0.1, 0.15) is 29.8 Å². The van der Waals surface area contributed by atoms with Crippen molar-refractivity contribution in [2.24, 2.45) is 17.8 Å². The summed E-state index contributed by atoms with van der Waals surface area (Å²) < 4.78 is 25.2. The molecule has 2 bridgehead atoms. The maximum Gasteiger partial charge on any atom is 0.316 e. The van der Waals surface area contributed by atoms with Gasteiger partial charge in [0.05, 0.1) is 18.8 Å². The van der Waals surface area contributed by atoms with Crippen LogP contribution in [-0.2, 0) is 23.7 Å². The summed E-state index contributed by atoms with van der Waals surface area (Å²) in [5, 5.41) is 22.8. The van der Waals surface area contributed by atoms with Crippen LogP contribution < -0.4 is 0 Å². The van der Waals surface area contributed by atoms with Gasteiger partial charge in [-0.15, -0.1) is 0 Å². The fourth-order valence-corrected chi connectivity index (χ4v) is 6.85. The first-order chi connectivity index (χ1) is 18.0. The van der Waals surface area contributed by atoms with E-state index in [9.17, 15) is 15.0 Å². The molecule has 5 unspecified atom stereocenters. The van der Waals surface area contributed by atoms with Crippen LogP contribution in [0, 0.1) is 17.8 Å². The lowest BCUT2D eigenvalue weighted by Gasteiger charge is -2.49. The highest BCUT2D eigenvalue weighted by atomic mass is 16.7. The predicted molar refractivity (Wildman–Crippen MR) is 143 cm³/mol. The monoisotopic (exact) mass is 528 g/mol. The van der Waals surface area contributed by atoms with Crippen LogP contribution in [0.15, 0.2) is 47.1 Å². The Kier molecular flexibility index (Phi) is 7.79. The lowest BCUT2D eigenvalue weighted by molar-refractivity contribution is -0.332. The lowest BCUT2D eigenvalue weighted by Crippen LogP contribution is -2.58. The number of hydrogen-bond acceptors (Lipinski definition) is 7. The van der Waals surface area contributed by atoms with Crippen molar-refractivity contribution in [3.63, 3.8) is 0 Å². The van der Waals surface area contributed by atoms with Crippen LogP contribution in [0.3, 0.4) is 0 Å². The molecule has 0 aromatic rings. The first-order valence-corrected chi connectivity index (χ1v) is 14.3. The van der Waals surface area contributed by atoms with Gasteiger partial charge >= 0.3 is 5.97 Å². The maximum absolute atomic E-state index is 13.8. The van der Waals surface area contributed by atoms with Gasteiger partial charge in [-0.2, -0.15) is 0 Å². The topological polar surface area (TPSA) is 94.5 Å². The third-order valence-corrected chi connectivity index (χ3v) is 9.30. The number of esters is 1. The minimum absolute atomic E-state index is 0.0526. The Hall–Kier alpha value is -1.77. The fraction of sp³-hybridized carbons (Fsp3) is 0.710. The molecule has 38 heavy (non-hydrogen) atoms. The molecule has 10 atom stereocenters. The number of hydrogen-bond donors (Lipinski definition) is 2. The quantitative estimate of drug-likeness (QED) is 0.352. The van der Waals surface area contributed by atoms with E-state index in [1.54, 1.807) is 13.0 Å². The number of aliphatic hydroxyl groups excluding tert-OH is 1. The average molecular weight is 529 g/mol. The smallest absolute Gasteiger partial charge is 0.316 e. The molecule has 7 nitrogen and oxygen atoms in total. The SMILES string of the molecule is CC1=CC2C(=O)OC3CC(C/C=C(/C)C[C@H](C)/C=C/C=C4/COC([C@@H]1O)[C@]42O)O[C@@]1(CC[C@H](C)C(C)O1)C3. The van der Waals surface area contributed by atoms with Crippen LogP contribution in [0.25, 0.3) is 0 Å². The molecule has 210 valence electrons.